The standard InChI is InChI=1S/C8H14N4O2/c9-8-7(10-14-11-8)1-2-12-3-5-13-6-4-12/h1-6H2,(H2,9,11). The summed E-state index contributed by atoms with van der Waals surface area (Å²) in [5.41, 5.74) is 6.29. The van der Waals surface area contributed by atoms with Crippen LogP contribution in [0.25, 0.3) is 0 Å². The van der Waals surface area contributed by atoms with Crippen LogP contribution in [0, 0.1) is 0 Å². The molecule has 0 atom stereocenters. The smallest absolute Gasteiger partial charge is 0.191 e. The minimum Gasteiger partial charge on any atom is -0.379 e. The zero-order valence-electron chi connectivity index (χ0n) is 7.98. The van der Waals surface area contributed by atoms with Crippen molar-refractivity contribution >= 4 is 5.82 Å². The van der Waals surface area contributed by atoms with Gasteiger partial charge in [0, 0.05) is 26.1 Å². The molecule has 0 aromatic carbocycles. The third-order valence-corrected chi connectivity index (χ3v) is 2.35. The maximum atomic E-state index is 5.55. The molecule has 14 heavy (non-hydrogen) atoms. The Hall–Kier alpha value is -1.14. The molecule has 0 spiro atoms. The average molecular weight is 198 g/mol. The fourth-order valence-electron chi connectivity index (χ4n) is 1.48. The van der Waals surface area contributed by atoms with Crippen molar-refractivity contribution in [2.24, 2.45) is 0 Å². The number of anilines is 1. The minimum atomic E-state index is 0.401. The van der Waals surface area contributed by atoms with Crippen LogP contribution in [-0.2, 0) is 11.2 Å². The first kappa shape index (κ1) is 9.42. The largest absolute Gasteiger partial charge is 0.379 e. The van der Waals surface area contributed by atoms with Crippen molar-refractivity contribution in [1.29, 1.82) is 0 Å². The zero-order chi connectivity index (χ0) is 9.80. The van der Waals surface area contributed by atoms with E-state index in [4.69, 9.17) is 10.5 Å². The molecule has 2 rings (SSSR count). The van der Waals surface area contributed by atoms with Gasteiger partial charge < -0.3 is 10.5 Å². The number of morpholine rings is 1. The Balaban J connectivity index is 1.79. The van der Waals surface area contributed by atoms with E-state index >= 15 is 0 Å². The Bertz CT molecular complexity index is 283. The second kappa shape index (κ2) is 4.39. The summed E-state index contributed by atoms with van der Waals surface area (Å²) in [7, 11) is 0. The highest BCUT2D eigenvalue weighted by molar-refractivity contribution is 5.30. The van der Waals surface area contributed by atoms with Crippen molar-refractivity contribution in [2.45, 2.75) is 6.42 Å². The maximum Gasteiger partial charge on any atom is 0.191 e. The highest BCUT2D eigenvalue weighted by Gasteiger charge is 2.12. The van der Waals surface area contributed by atoms with E-state index in [1.54, 1.807) is 0 Å². The first-order valence-electron chi connectivity index (χ1n) is 4.73. The highest BCUT2D eigenvalue weighted by Crippen LogP contribution is 2.06. The van der Waals surface area contributed by atoms with Gasteiger partial charge in [0.25, 0.3) is 0 Å². The number of rotatable bonds is 3. The van der Waals surface area contributed by atoms with E-state index in [0.717, 1.165) is 45.0 Å². The summed E-state index contributed by atoms with van der Waals surface area (Å²) in [6.45, 7) is 4.51. The summed E-state index contributed by atoms with van der Waals surface area (Å²) in [6, 6.07) is 0. The first-order valence-corrected chi connectivity index (χ1v) is 4.73. The lowest BCUT2D eigenvalue weighted by Crippen LogP contribution is -2.37. The van der Waals surface area contributed by atoms with Gasteiger partial charge in [0.1, 0.15) is 5.69 Å². The predicted molar refractivity (Wildman–Crippen MR) is 49.7 cm³/mol. The van der Waals surface area contributed by atoms with Gasteiger partial charge in [0.05, 0.1) is 13.2 Å². The van der Waals surface area contributed by atoms with Crippen molar-refractivity contribution in [1.82, 2.24) is 15.2 Å². The second-order valence-corrected chi connectivity index (χ2v) is 3.30. The van der Waals surface area contributed by atoms with Crippen molar-refractivity contribution in [3.05, 3.63) is 5.69 Å². The lowest BCUT2D eigenvalue weighted by Gasteiger charge is -2.25. The SMILES string of the molecule is Nc1nonc1CCN1CCOCC1. The summed E-state index contributed by atoms with van der Waals surface area (Å²) in [5.74, 6) is 0.401. The van der Waals surface area contributed by atoms with E-state index in [0.29, 0.717) is 5.82 Å². The van der Waals surface area contributed by atoms with Gasteiger partial charge in [0.15, 0.2) is 5.82 Å². The van der Waals surface area contributed by atoms with E-state index in [1.807, 2.05) is 0 Å². The number of nitrogens with two attached hydrogens (primary N) is 1. The van der Waals surface area contributed by atoms with Gasteiger partial charge in [-0.25, -0.2) is 4.63 Å². The van der Waals surface area contributed by atoms with Gasteiger partial charge in [-0.2, -0.15) is 0 Å². The number of aromatic nitrogens is 2. The molecule has 1 aliphatic rings. The topological polar surface area (TPSA) is 77.4 Å². The highest BCUT2D eigenvalue weighted by atomic mass is 16.6. The van der Waals surface area contributed by atoms with Gasteiger partial charge in [-0.1, -0.05) is 5.16 Å². The first-order chi connectivity index (χ1) is 6.86. The summed E-state index contributed by atoms with van der Waals surface area (Å²) >= 11 is 0. The van der Waals surface area contributed by atoms with Crippen molar-refractivity contribution in [3.63, 3.8) is 0 Å². The quantitative estimate of drug-likeness (QED) is 0.707. The van der Waals surface area contributed by atoms with Crippen LogP contribution in [0.4, 0.5) is 5.82 Å². The van der Waals surface area contributed by atoms with Gasteiger partial charge in [-0.15, -0.1) is 0 Å². The van der Waals surface area contributed by atoms with Gasteiger partial charge >= 0.3 is 0 Å². The fourth-order valence-corrected chi connectivity index (χ4v) is 1.48. The molecule has 1 fully saturated rings. The molecule has 0 amide bonds. The number of hydrogen-bond donors (Lipinski definition) is 1. The Morgan fingerprint density at radius 1 is 1.29 bits per heavy atom. The van der Waals surface area contributed by atoms with Crippen molar-refractivity contribution in [3.8, 4) is 0 Å². The molecule has 0 radical (unpaired) electrons. The number of ether oxygens (including phenoxy) is 1. The molecule has 1 aromatic rings. The molecular formula is C8H14N4O2. The van der Waals surface area contributed by atoms with Crippen LogP contribution >= 0.6 is 0 Å². The normalized spacial score (nSPS) is 18.6. The maximum absolute atomic E-state index is 5.55. The van der Waals surface area contributed by atoms with E-state index < -0.39 is 0 Å². The van der Waals surface area contributed by atoms with Gasteiger partial charge in [-0.3, -0.25) is 4.90 Å². The summed E-state index contributed by atoms with van der Waals surface area (Å²) in [6.07, 6.45) is 0.787. The molecule has 1 aromatic heterocycles. The van der Waals surface area contributed by atoms with Crippen LogP contribution in [0.5, 0.6) is 0 Å². The predicted octanol–water partition coefficient (Wildman–Crippen LogP) is -0.474. The molecule has 1 aliphatic heterocycles. The molecule has 0 unspecified atom stereocenters. The number of nitrogens with zero attached hydrogens (tertiary/aromatic N) is 3. The van der Waals surface area contributed by atoms with Crippen LogP contribution in [-0.4, -0.2) is 48.1 Å². The van der Waals surface area contributed by atoms with Crippen molar-refractivity contribution in [2.75, 3.05) is 38.6 Å². The van der Waals surface area contributed by atoms with Crippen LogP contribution in [0.3, 0.4) is 0 Å². The second-order valence-electron chi connectivity index (χ2n) is 3.30. The molecule has 78 valence electrons. The molecule has 2 N–H and O–H groups in total. The average Bonchev–Trinajstić information content (AvgIpc) is 2.63. The van der Waals surface area contributed by atoms with Gasteiger partial charge in [-0.05, 0) is 5.16 Å². The molecule has 0 bridgehead atoms. The fraction of sp³-hybridized carbons (Fsp3) is 0.750. The monoisotopic (exact) mass is 198 g/mol. The summed E-state index contributed by atoms with van der Waals surface area (Å²) < 4.78 is 9.76. The summed E-state index contributed by atoms with van der Waals surface area (Å²) in [5, 5.41) is 7.26. The van der Waals surface area contributed by atoms with E-state index in [-0.39, 0.29) is 0 Å². The Morgan fingerprint density at radius 2 is 2.07 bits per heavy atom. The van der Waals surface area contributed by atoms with E-state index in [1.165, 1.54) is 0 Å². The summed E-state index contributed by atoms with van der Waals surface area (Å²) in [4.78, 5) is 2.32. The van der Waals surface area contributed by atoms with Crippen LogP contribution < -0.4 is 5.73 Å². The van der Waals surface area contributed by atoms with Crippen LogP contribution in [0.2, 0.25) is 0 Å². The third-order valence-electron chi connectivity index (χ3n) is 2.35. The molecule has 1 saturated heterocycles. The Labute approximate surface area is 82.0 Å². The van der Waals surface area contributed by atoms with Crippen LogP contribution in [0.15, 0.2) is 4.63 Å². The van der Waals surface area contributed by atoms with E-state index in [9.17, 15) is 0 Å². The number of nitrogen functional groups attached to an aromatic ring is 1. The lowest BCUT2D eigenvalue weighted by atomic mass is 10.3. The van der Waals surface area contributed by atoms with Crippen LogP contribution in [0.1, 0.15) is 5.69 Å². The number of hydrogen-bond acceptors (Lipinski definition) is 6. The molecule has 2 heterocycles. The lowest BCUT2D eigenvalue weighted by molar-refractivity contribution is 0.0383. The minimum absolute atomic E-state index is 0.401. The Kier molecular flexibility index (Phi) is 2.95. The molecule has 6 heteroatoms. The molecule has 6 nitrogen and oxygen atoms in total. The van der Waals surface area contributed by atoms with Gasteiger partial charge in [0.2, 0.25) is 0 Å². The molecule has 0 saturated carbocycles. The van der Waals surface area contributed by atoms with E-state index in [2.05, 4.69) is 19.8 Å². The zero-order valence-corrected chi connectivity index (χ0v) is 7.98. The third kappa shape index (κ3) is 2.21. The van der Waals surface area contributed by atoms with Crippen molar-refractivity contribution < 1.29 is 9.37 Å². The molecular weight excluding hydrogens is 184 g/mol. The Morgan fingerprint density at radius 3 is 2.71 bits per heavy atom. The molecule has 0 aliphatic carbocycles.